The van der Waals surface area contributed by atoms with Gasteiger partial charge in [-0.25, -0.2) is 9.97 Å². The maximum Gasteiger partial charge on any atom is 0.160 e. The fraction of sp³-hybridized carbons (Fsp3) is 0.175. The molecule has 0 bridgehead atoms. The smallest absolute Gasteiger partial charge is 0.160 e. The third kappa shape index (κ3) is 6.78. The Balaban J connectivity index is 0.877. The number of hydrogen-bond acceptors (Lipinski definition) is 4. The minimum Gasteiger partial charge on any atom is -0.365 e. The molecule has 3 aromatic heterocycles. The maximum absolute atomic E-state index is 5.27. The number of pyridine rings is 1. The van der Waals surface area contributed by atoms with Gasteiger partial charge in [0, 0.05) is 57.5 Å². The van der Waals surface area contributed by atoms with Crippen LogP contribution in [0.25, 0.3) is 68.2 Å². The van der Waals surface area contributed by atoms with Crippen LogP contribution in [0.15, 0.2) is 175 Å². The molecule has 2 saturated carbocycles. The minimum atomic E-state index is 0.597. The topological polar surface area (TPSA) is 55.6 Å². The molecule has 3 heterocycles. The predicted molar refractivity (Wildman–Crippen MR) is 253 cm³/mol. The SMILES string of the molecule is CC1=C(/C=C\NC2=CC=CC=CC2)c2c(c3cc(Cc4ccc(-c5nc(-c6ccc(-c7ccccn7)cc6)c6c(n5)=CC5CC5C=6)cc4)ccc3n2-c2ccccc2)CC2CC12. The normalized spacial score (nSPS) is 20.6. The van der Waals surface area contributed by atoms with Gasteiger partial charge < -0.3 is 9.88 Å². The van der Waals surface area contributed by atoms with Gasteiger partial charge in [0.05, 0.1) is 27.9 Å². The molecule has 5 nitrogen and oxygen atoms in total. The molecule has 4 atom stereocenters. The van der Waals surface area contributed by atoms with E-state index in [-0.39, 0.29) is 0 Å². The second kappa shape index (κ2) is 15.1. The van der Waals surface area contributed by atoms with E-state index in [1.807, 2.05) is 18.3 Å². The Morgan fingerprint density at radius 2 is 1.56 bits per heavy atom. The maximum atomic E-state index is 5.27. The van der Waals surface area contributed by atoms with Gasteiger partial charge in [0.15, 0.2) is 5.82 Å². The molecule has 0 radical (unpaired) electrons. The first-order valence-corrected chi connectivity index (χ1v) is 22.2. The summed E-state index contributed by atoms with van der Waals surface area (Å²) in [5.41, 5.74) is 17.1. The molecule has 5 aliphatic carbocycles. The van der Waals surface area contributed by atoms with Crippen molar-refractivity contribution < 1.29 is 0 Å². The summed E-state index contributed by atoms with van der Waals surface area (Å²) in [6.07, 6.45) is 27.1. The number of allylic oxidation sites excluding steroid dienone is 8. The summed E-state index contributed by atoms with van der Waals surface area (Å²) >= 11 is 0. The lowest BCUT2D eigenvalue weighted by atomic mass is 9.97. The number of nitrogens with zero attached hydrogens (tertiary/aromatic N) is 4. The lowest BCUT2D eigenvalue weighted by molar-refractivity contribution is 0.774. The first-order chi connectivity index (χ1) is 30.6. The first-order valence-electron chi connectivity index (χ1n) is 22.2. The van der Waals surface area contributed by atoms with Crippen LogP contribution >= 0.6 is 0 Å². The molecule has 2 fully saturated rings. The summed E-state index contributed by atoms with van der Waals surface area (Å²) < 4.78 is 2.52. The Hall–Kier alpha value is -7.11. The Morgan fingerprint density at radius 1 is 0.758 bits per heavy atom. The van der Waals surface area contributed by atoms with E-state index in [1.54, 1.807) is 0 Å². The molecular formula is C57H47N5. The van der Waals surface area contributed by atoms with Crippen LogP contribution in [0.3, 0.4) is 0 Å². The van der Waals surface area contributed by atoms with E-state index < -0.39 is 0 Å². The van der Waals surface area contributed by atoms with Crippen molar-refractivity contribution in [3.05, 3.63) is 208 Å². The Bertz CT molecular complexity index is 3180. The van der Waals surface area contributed by atoms with Crippen LogP contribution in [0.5, 0.6) is 0 Å². The van der Waals surface area contributed by atoms with Gasteiger partial charge in [-0.1, -0.05) is 121 Å². The van der Waals surface area contributed by atoms with Crippen LogP contribution in [0.4, 0.5) is 0 Å². The Labute approximate surface area is 362 Å². The van der Waals surface area contributed by atoms with Crippen molar-refractivity contribution >= 4 is 28.6 Å². The molecule has 12 rings (SSSR count). The van der Waals surface area contributed by atoms with Crippen molar-refractivity contribution in [1.29, 1.82) is 0 Å². The Morgan fingerprint density at radius 3 is 2.42 bits per heavy atom. The third-order valence-corrected chi connectivity index (χ3v) is 13.6. The number of para-hydroxylation sites is 1. The lowest BCUT2D eigenvalue weighted by Gasteiger charge is -2.15. The Kier molecular flexibility index (Phi) is 8.95. The monoisotopic (exact) mass is 801 g/mol. The standard InChI is InChI=1S/C57H47N5/c1-36-47(26-28-58-45-11-5-2-3-6-12-45)56-50(34-44-33-48(36)44)49-30-38(18-25-54(49)62(56)46-13-7-4-8-14-46)29-37-16-19-41(20-17-37)57-60-53-35-43-31-42(43)32-51(53)55(61-57)40-23-21-39(22-24-40)52-15-9-10-27-59-52/h2-11,13-28,30,32,35,42-44,48,58H,12,29,31,33-34H2,1H3/b28-26-. The number of rotatable bonds is 9. The average molecular weight is 802 g/mol. The summed E-state index contributed by atoms with van der Waals surface area (Å²) in [7, 11) is 0. The predicted octanol–water partition coefficient (Wildman–Crippen LogP) is 11.1. The van der Waals surface area contributed by atoms with Gasteiger partial charge in [-0.15, -0.1) is 0 Å². The van der Waals surface area contributed by atoms with Crippen LogP contribution in [-0.2, 0) is 12.8 Å². The van der Waals surface area contributed by atoms with E-state index in [0.717, 1.165) is 63.7 Å². The molecule has 62 heavy (non-hydrogen) atoms. The number of aromatic nitrogens is 4. The molecule has 0 amide bonds. The molecular weight excluding hydrogens is 755 g/mol. The zero-order valence-corrected chi connectivity index (χ0v) is 34.9. The van der Waals surface area contributed by atoms with Crippen molar-refractivity contribution in [3.63, 3.8) is 0 Å². The molecule has 300 valence electrons. The zero-order valence-electron chi connectivity index (χ0n) is 34.9. The van der Waals surface area contributed by atoms with Gasteiger partial charge in [0.25, 0.3) is 0 Å². The largest absolute Gasteiger partial charge is 0.365 e. The average Bonchev–Trinajstić information content (AvgIpc) is 4.25. The third-order valence-electron chi connectivity index (χ3n) is 13.6. The van der Waals surface area contributed by atoms with E-state index in [1.165, 1.54) is 68.7 Å². The van der Waals surface area contributed by atoms with Crippen LogP contribution in [0.2, 0.25) is 0 Å². The highest BCUT2D eigenvalue weighted by molar-refractivity contribution is 5.95. The molecule has 1 N–H and O–H groups in total. The number of benzene rings is 4. The van der Waals surface area contributed by atoms with Gasteiger partial charge in [0.1, 0.15) is 0 Å². The molecule has 4 aromatic carbocycles. The molecule has 0 aliphatic heterocycles. The molecule has 0 saturated heterocycles. The highest BCUT2D eigenvalue weighted by Crippen LogP contribution is 2.54. The summed E-state index contributed by atoms with van der Waals surface area (Å²) in [4.78, 5) is 15.0. The van der Waals surface area contributed by atoms with Crippen molar-refractivity contribution in [1.82, 2.24) is 24.8 Å². The van der Waals surface area contributed by atoms with Crippen LogP contribution in [0.1, 0.15) is 48.6 Å². The van der Waals surface area contributed by atoms with E-state index in [2.05, 4.69) is 180 Å². The number of nitrogens with one attached hydrogen (secondary N) is 1. The van der Waals surface area contributed by atoms with Gasteiger partial charge in [-0.3, -0.25) is 4.98 Å². The van der Waals surface area contributed by atoms with E-state index in [9.17, 15) is 0 Å². The first kappa shape index (κ1) is 36.7. The van der Waals surface area contributed by atoms with Gasteiger partial charge in [-0.2, -0.15) is 0 Å². The highest BCUT2D eigenvalue weighted by Gasteiger charge is 2.43. The van der Waals surface area contributed by atoms with Crippen LogP contribution in [0, 0.1) is 23.7 Å². The lowest BCUT2D eigenvalue weighted by Crippen LogP contribution is -2.34. The van der Waals surface area contributed by atoms with E-state index in [0.29, 0.717) is 23.7 Å². The molecule has 0 spiro atoms. The minimum absolute atomic E-state index is 0.597. The summed E-state index contributed by atoms with van der Waals surface area (Å²) in [5, 5.41) is 7.19. The summed E-state index contributed by atoms with van der Waals surface area (Å²) in [6.45, 7) is 2.37. The van der Waals surface area contributed by atoms with E-state index in [4.69, 9.17) is 9.97 Å². The summed E-state index contributed by atoms with van der Waals surface area (Å²) in [6, 6.07) is 41.7. The zero-order chi connectivity index (χ0) is 41.1. The second-order valence-corrected chi connectivity index (χ2v) is 17.7. The second-order valence-electron chi connectivity index (χ2n) is 17.7. The van der Waals surface area contributed by atoms with Crippen molar-refractivity contribution in [3.8, 4) is 39.6 Å². The quantitative estimate of drug-likeness (QED) is 0.158. The highest BCUT2D eigenvalue weighted by atomic mass is 15.0. The summed E-state index contributed by atoms with van der Waals surface area (Å²) in [5.74, 6) is 3.30. The molecule has 7 aromatic rings. The van der Waals surface area contributed by atoms with Gasteiger partial charge in [0.2, 0.25) is 0 Å². The molecule has 5 heteroatoms. The van der Waals surface area contributed by atoms with E-state index >= 15 is 0 Å². The van der Waals surface area contributed by atoms with Crippen molar-refractivity contribution in [2.75, 3.05) is 0 Å². The van der Waals surface area contributed by atoms with Crippen molar-refractivity contribution in [2.45, 2.75) is 39.0 Å². The van der Waals surface area contributed by atoms with Crippen LogP contribution in [-0.4, -0.2) is 19.5 Å². The number of hydrogen-bond donors (Lipinski definition) is 1. The fourth-order valence-corrected chi connectivity index (χ4v) is 10.1. The molecule has 5 aliphatic rings. The number of fused-ring (bicyclic) bond motifs is 6. The molecule has 4 unspecified atom stereocenters. The van der Waals surface area contributed by atoms with Gasteiger partial charge >= 0.3 is 0 Å². The van der Waals surface area contributed by atoms with Crippen molar-refractivity contribution in [2.24, 2.45) is 23.7 Å². The van der Waals surface area contributed by atoms with Crippen LogP contribution < -0.4 is 15.9 Å². The van der Waals surface area contributed by atoms with Gasteiger partial charge in [-0.05, 0) is 127 Å². The fourth-order valence-electron chi connectivity index (χ4n) is 10.1.